The topological polar surface area (TPSA) is 33.3 Å². The minimum absolute atomic E-state index is 0.488. The summed E-state index contributed by atoms with van der Waals surface area (Å²) in [5, 5.41) is 7.62. The summed E-state index contributed by atoms with van der Waals surface area (Å²) in [6.45, 7) is 3.29. The average molecular weight is 266 g/mol. The van der Waals surface area contributed by atoms with Gasteiger partial charge in [0.1, 0.15) is 0 Å². The highest BCUT2D eigenvalue weighted by Gasteiger charge is 2.32. The zero-order valence-corrected chi connectivity index (χ0v) is 12.2. The van der Waals surface area contributed by atoms with Gasteiger partial charge in [-0.05, 0) is 51.0 Å². The summed E-state index contributed by atoms with van der Waals surface area (Å²) < 4.78 is 5.75. The predicted octanol–water partition coefficient (Wildman–Crippen LogP) is 2.46. The van der Waals surface area contributed by atoms with Crippen LogP contribution in [-0.4, -0.2) is 37.9 Å². The van der Waals surface area contributed by atoms with Crippen LogP contribution in [0.1, 0.15) is 57.8 Å². The van der Waals surface area contributed by atoms with Crippen molar-refractivity contribution < 1.29 is 4.74 Å². The van der Waals surface area contributed by atoms with Crippen molar-refractivity contribution in [3.63, 3.8) is 0 Å². The summed E-state index contributed by atoms with van der Waals surface area (Å²) in [7, 11) is 0. The van der Waals surface area contributed by atoms with Crippen molar-refractivity contribution in [1.29, 1.82) is 0 Å². The molecule has 0 aromatic heterocycles. The Morgan fingerprint density at radius 3 is 2.63 bits per heavy atom. The Balaban J connectivity index is 1.50. The highest BCUT2D eigenvalue weighted by molar-refractivity contribution is 4.91. The van der Waals surface area contributed by atoms with E-state index in [-0.39, 0.29) is 0 Å². The Kier molecular flexibility index (Phi) is 5.14. The molecule has 0 spiro atoms. The summed E-state index contributed by atoms with van der Waals surface area (Å²) in [6, 6.07) is 1.50. The SMILES string of the molecule is C1CCC(C2CCCCC2NCC2CCCO2)NC1. The minimum Gasteiger partial charge on any atom is -0.377 e. The molecule has 3 aliphatic rings. The van der Waals surface area contributed by atoms with Crippen LogP contribution >= 0.6 is 0 Å². The second-order valence-corrected chi connectivity index (χ2v) is 6.65. The van der Waals surface area contributed by atoms with E-state index in [0.29, 0.717) is 6.10 Å². The molecule has 3 nitrogen and oxygen atoms in total. The van der Waals surface area contributed by atoms with Crippen molar-refractivity contribution in [2.45, 2.75) is 76.0 Å². The van der Waals surface area contributed by atoms with Crippen LogP contribution in [0.2, 0.25) is 0 Å². The summed E-state index contributed by atoms with van der Waals surface area (Å²) in [5.74, 6) is 0.857. The third kappa shape index (κ3) is 3.71. The van der Waals surface area contributed by atoms with Crippen LogP contribution in [0, 0.1) is 5.92 Å². The first-order valence-corrected chi connectivity index (χ1v) is 8.52. The van der Waals surface area contributed by atoms with E-state index < -0.39 is 0 Å². The zero-order chi connectivity index (χ0) is 12.9. The van der Waals surface area contributed by atoms with E-state index in [1.54, 1.807) is 0 Å². The van der Waals surface area contributed by atoms with Crippen LogP contribution in [0.5, 0.6) is 0 Å². The van der Waals surface area contributed by atoms with Gasteiger partial charge in [0, 0.05) is 25.2 Å². The van der Waals surface area contributed by atoms with Crippen molar-refractivity contribution >= 4 is 0 Å². The maximum absolute atomic E-state index is 5.75. The Morgan fingerprint density at radius 2 is 1.84 bits per heavy atom. The number of hydrogen-bond donors (Lipinski definition) is 2. The lowest BCUT2D eigenvalue weighted by Gasteiger charge is -2.40. The Bertz CT molecular complexity index is 259. The van der Waals surface area contributed by atoms with Gasteiger partial charge in [-0.15, -0.1) is 0 Å². The molecule has 3 heteroatoms. The third-order valence-corrected chi connectivity index (χ3v) is 5.32. The second-order valence-electron chi connectivity index (χ2n) is 6.65. The standard InChI is InChI=1S/C16H30N2O/c1-2-8-16(18-12-13-6-5-11-19-13)14(7-1)15-9-3-4-10-17-15/h13-18H,1-12H2. The fourth-order valence-electron chi connectivity index (χ4n) is 4.23. The summed E-state index contributed by atoms with van der Waals surface area (Å²) in [6.07, 6.45) is 12.8. The second kappa shape index (κ2) is 7.05. The zero-order valence-electron chi connectivity index (χ0n) is 12.2. The molecule has 0 amide bonds. The van der Waals surface area contributed by atoms with Gasteiger partial charge in [0.15, 0.2) is 0 Å². The first-order valence-electron chi connectivity index (χ1n) is 8.52. The third-order valence-electron chi connectivity index (χ3n) is 5.32. The van der Waals surface area contributed by atoms with Crippen LogP contribution in [0.4, 0.5) is 0 Å². The predicted molar refractivity (Wildman–Crippen MR) is 78.4 cm³/mol. The molecule has 3 rings (SSSR count). The van der Waals surface area contributed by atoms with Crippen molar-refractivity contribution in [2.24, 2.45) is 5.92 Å². The molecular weight excluding hydrogens is 236 g/mol. The molecule has 0 radical (unpaired) electrons. The van der Waals surface area contributed by atoms with Gasteiger partial charge in [0.25, 0.3) is 0 Å². The van der Waals surface area contributed by atoms with Crippen molar-refractivity contribution in [2.75, 3.05) is 19.7 Å². The van der Waals surface area contributed by atoms with Gasteiger partial charge in [-0.25, -0.2) is 0 Å². The lowest BCUT2D eigenvalue weighted by Crippen LogP contribution is -2.51. The van der Waals surface area contributed by atoms with Crippen molar-refractivity contribution in [3.8, 4) is 0 Å². The monoisotopic (exact) mass is 266 g/mol. The molecule has 0 aromatic rings. The lowest BCUT2D eigenvalue weighted by atomic mass is 9.77. The highest BCUT2D eigenvalue weighted by Crippen LogP contribution is 2.30. The Morgan fingerprint density at radius 1 is 0.947 bits per heavy atom. The van der Waals surface area contributed by atoms with E-state index in [1.165, 1.54) is 64.3 Å². The van der Waals surface area contributed by atoms with Crippen LogP contribution in [-0.2, 0) is 4.74 Å². The average Bonchev–Trinajstić information content (AvgIpc) is 3.00. The quantitative estimate of drug-likeness (QED) is 0.820. The molecule has 1 aliphatic carbocycles. The van der Waals surface area contributed by atoms with Crippen molar-refractivity contribution in [3.05, 3.63) is 0 Å². The number of hydrogen-bond acceptors (Lipinski definition) is 3. The van der Waals surface area contributed by atoms with Gasteiger partial charge < -0.3 is 15.4 Å². The van der Waals surface area contributed by atoms with Gasteiger partial charge >= 0.3 is 0 Å². The maximum Gasteiger partial charge on any atom is 0.0700 e. The van der Waals surface area contributed by atoms with Gasteiger partial charge in [-0.3, -0.25) is 0 Å². The molecule has 3 fully saturated rings. The molecule has 1 saturated carbocycles. The molecular formula is C16H30N2O. The number of rotatable bonds is 4. The summed E-state index contributed by atoms with van der Waals surface area (Å²) in [5.41, 5.74) is 0. The fraction of sp³-hybridized carbons (Fsp3) is 1.00. The number of piperidine rings is 1. The van der Waals surface area contributed by atoms with Gasteiger partial charge in [-0.2, -0.15) is 0 Å². The largest absolute Gasteiger partial charge is 0.377 e. The maximum atomic E-state index is 5.75. The normalized spacial score (nSPS) is 40.4. The molecule has 2 heterocycles. The van der Waals surface area contributed by atoms with Crippen molar-refractivity contribution in [1.82, 2.24) is 10.6 Å². The number of nitrogens with one attached hydrogen (secondary N) is 2. The van der Waals surface area contributed by atoms with Gasteiger partial charge in [0.2, 0.25) is 0 Å². The van der Waals surface area contributed by atoms with Crippen LogP contribution in [0.3, 0.4) is 0 Å². The Hall–Kier alpha value is -0.120. The van der Waals surface area contributed by atoms with E-state index in [4.69, 9.17) is 4.74 Å². The molecule has 0 bridgehead atoms. The first-order chi connectivity index (χ1) is 9.43. The fourth-order valence-corrected chi connectivity index (χ4v) is 4.23. The summed E-state index contributed by atoms with van der Waals surface area (Å²) in [4.78, 5) is 0. The number of ether oxygens (including phenoxy) is 1. The molecule has 2 N–H and O–H groups in total. The minimum atomic E-state index is 0.488. The van der Waals surface area contributed by atoms with E-state index in [2.05, 4.69) is 10.6 Å². The molecule has 0 aromatic carbocycles. The highest BCUT2D eigenvalue weighted by atomic mass is 16.5. The van der Waals surface area contributed by atoms with Crippen LogP contribution < -0.4 is 10.6 Å². The van der Waals surface area contributed by atoms with E-state index in [9.17, 15) is 0 Å². The molecule has 2 saturated heterocycles. The van der Waals surface area contributed by atoms with Gasteiger partial charge in [-0.1, -0.05) is 19.3 Å². The van der Waals surface area contributed by atoms with E-state index in [0.717, 1.165) is 31.2 Å². The van der Waals surface area contributed by atoms with Gasteiger partial charge in [0.05, 0.1) is 6.10 Å². The first kappa shape index (κ1) is 13.8. The van der Waals surface area contributed by atoms with E-state index >= 15 is 0 Å². The van der Waals surface area contributed by atoms with Crippen LogP contribution in [0.15, 0.2) is 0 Å². The molecule has 19 heavy (non-hydrogen) atoms. The van der Waals surface area contributed by atoms with Crippen LogP contribution in [0.25, 0.3) is 0 Å². The molecule has 2 aliphatic heterocycles. The molecule has 110 valence electrons. The smallest absolute Gasteiger partial charge is 0.0700 e. The Labute approximate surface area is 117 Å². The molecule has 4 atom stereocenters. The van der Waals surface area contributed by atoms with E-state index in [1.807, 2.05) is 0 Å². The lowest BCUT2D eigenvalue weighted by molar-refractivity contribution is 0.0969. The summed E-state index contributed by atoms with van der Waals surface area (Å²) >= 11 is 0. The molecule has 4 unspecified atom stereocenters.